The van der Waals surface area contributed by atoms with Crippen molar-refractivity contribution in [3.8, 4) is 11.5 Å². The van der Waals surface area contributed by atoms with Gasteiger partial charge in [0.1, 0.15) is 6.61 Å². The summed E-state index contributed by atoms with van der Waals surface area (Å²) in [4.78, 5) is 31.3. The van der Waals surface area contributed by atoms with Gasteiger partial charge in [0.25, 0.3) is 11.6 Å². The number of hydrogen-bond donors (Lipinski definition) is 1. The minimum atomic E-state index is -0.450. The van der Waals surface area contributed by atoms with Crippen molar-refractivity contribution in [3.05, 3.63) is 79.6 Å². The molecule has 0 spiro atoms. The standard InChI is InChI=1S/C24H24BrN5O5S/c1-4-34-21-11-18(12-26-29-22(31)14-36-24-27-15(2)8-16(3)28-24)10-20(25)23(21)35-13-17-6-5-7-19(9-17)30(32)33/h5-12H,4,13-14H2,1-3H3,(H,29,31)/b26-12-. The lowest BCUT2D eigenvalue weighted by Gasteiger charge is -2.14. The van der Waals surface area contributed by atoms with Crippen molar-refractivity contribution in [1.29, 1.82) is 0 Å². The van der Waals surface area contributed by atoms with Gasteiger partial charge in [-0.25, -0.2) is 15.4 Å². The molecular weight excluding hydrogens is 550 g/mol. The number of benzene rings is 2. The third kappa shape index (κ3) is 8.02. The number of nitrogens with zero attached hydrogens (tertiary/aromatic N) is 4. The molecule has 0 atom stereocenters. The largest absolute Gasteiger partial charge is 0.490 e. The average molecular weight is 574 g/mol. The molecule has 0 aliphatic carbocycles. The molecule has 0 aliphatic rings. The van der Waals surface area contributed by atoms with Gasteiger partial charge >= 0.3 is 0 Å². The van der Waals surface area contributed by atoms with Crippen LogP contribution in [0, 0.1) is 24.0 Å². The first-order chi connectivity index (χ1) is 17.2. The molecule has 0 bridgehead atoms. The van der Waals surface area contributed by atoms with Gasteiger partial charge in [-0.1, -0.05) is 23.9 Å². The van der Waals surface area contributed by atoms with Crippen LogP contribution in [0.1, 0.15) is 29.4 Å². The van der Waals surface area contributed by atoms with E-state index in [4.69, 9.17) is 9.47 Å². The fourth-order valence-electron chi connectivity index (χ4n) is 3.08. The second kappa shape index (κ2) is 13.0. The Morgan fingerprint density at radius 2 is 1.94 bits per heavy atom. The van der Waals surface area contributed by atoms with Gasteiger partial charge in [0, 0.05) is 23.5 Å². The van der Waals surface area contributed by atoms with E-state index in [1.165, 1.54) is 30.1 Å². The minimum Gasteiger partial charge on any atom is -0.490 e. The number of aromatic nitrogens is 2. The van der Waals surface area contributed by atoms with Crippen LogP contribution in [0.4, 0.5) is 5.69 Å². The van der Waals surface area contributed by atoms with Gasteiger partial charge in [0.15, 0.2) is 16.7 Å². The molecule has 1 heterocycles. The lowest BCUT2D eigenvalue weighted by molar-refractivity contribution is -0.384. The number of nitro groups is 1. The fraction of sp³-hybridized carbons (Fsp3) is 0.250. The highest BCUT2D eigenvalue weighted by molar-refractivity contribution is 9.10. The van der Waals surface area contributed by atoms with Crippen molar-refractivity contribution < 1.29 is 19.2 Å². The second-order valence-electron chi connectivity index (χ2n) is 7.49. The number of amides is 1. The normalized spacial score (nSPS) is 10.9. The summed E-state index contributed by atoms with van der Waals surface area (Å²) in [5.74, 6) is 0.750. The molecule has 0 aliphatic heterocycles. The molecule has 2 aromatic carbocycles. The number of thioether (sulfide) groups is 1. The number of aryl methyl sites for hydroxylation is 2. The van der Waals surface area contributed by atoms with Crippen molar-refractivity contribution in [3.63, 3.8) is 0 Å². The van der Waals surface area contributed by atoms with E-state index in [0.29, 0.717) is 38.9 Å². The Labute approximate surface area is 220 Å². The minimum absolute atomic E-state index is 0.00581. The number of rotatable bonds is 11. The van der Waals surface area contributed by atoms with E-state index in [-0.39, 0.29) is 24.0 Å². The van der Waals surface area contributed by atoms with E-state index < -0.39 is 4.92 Å². The Morgan fingerprint density at radius 1 is 1.19 bits per heavy atom. The molecule has 12 heteroatoms. The first-order valence-corrected chi connectivity index (χ1v) is 12.6. The van der Waals surface area contributed by atoms with Crippen molar-refractivity contribution >= 4 is 45.5 Å². The number of ether oxygens (including phenoxy) is 2. The number of nitrogens with one attached hydrogen (secondary N) is 1. The van der Waals surface area contributed by atoms with Crippen LogP contribution >= 0.6 is 27.7 Å². The van der Waals surface area contributed by atoms with E-state index in [0.717, 1.165) is 11.4 Å². The van der Waals surface area contributed by atoms with E-state index >= 15 is 0 Å². The van der Waals surface area contributed by atoms with Crippen LogP contribution in [0.5, 0.6) is 11.5 Å². The molecule has 1 amide bonds. The van der Waals surface area contributed by atoms with E-state index in [2.05, 4.69) is 36.4 Å². The van der Waals surface area contributed by atoms with Crippen LogP contribution in [0.25, 0.3) is 0 Å². The van der Waals surface area contributed by atoms with Crippen LogP contribution in [0.15, 0.2) is 57.2 Å². The number of hydrazone groups is 1. The average Bonchev–Trinajstić information content (AvgIpc) is 2.82. The molecular formula is C24H24BrN5O5S. The first kappa shape index (κ1) is 27.1. The summed E-state index contributed by atoms with van der Waals surface area (Å²) in [6.07, 6.45) is 1.49. The Morgan fingerprint density at radius 3 is 2.64 bits per heavy atom. The summed E-state index contributed by atoms with van der Waals surface area (Å²) in [5.41, 5.74) is 5.49. The lowest BCUT2D eigenvalue weighted by Crippen LogP contribution is -2.19. The summed E-state index contributed by atoms with van der Waals surface area (Å²) < 4.78 is 12.2. The zero-order valence-electron chi connectivity index (χ0n) is 19.9. The Hall–Kier alpha value is -3.51. The predicted octanol–water partition coefficient (Wildman–Crippen LogP) is 4.98. The Balaban J connectivity index is 1.63. The summed E-state index contributed by atoms with van der Waals surface area (Å²) in [5, 5.41) is 15.6. The first-order valence-electron chi connectivity index (χ1n) is 10.8. The maximum atomic E-state index is 12.2. The van der Waals surface area contributed by atoms with Gasteiger partial charge in [-0.3, -0.25) is 14.9 Å². The summed E-state index contributed by atoms with van der Waals surface area (Å²) >= 11 is 4.72. The molecule has 0 saturated heterocycles. The fourth-order valence-corrected chi connectivity index (χ4v) is 4.40. The van der Waals surface area contributed by atoms with Gasteiger partial charge in [0.05, 0.1) is 28.0 Å². The molecule has 188 valence electrons. The zero-order valence-corrected chi connectivity index (χ0v) is 22.3. The number of carbonyl (C=O) groups excluding carboxylic acids is 1. The maximum Gasteiger partial charge on any atom is 0.269 e. The van der Waals surface area contributed by atoms with Gasteiger partial charge in [-0.15, -0.1) is 0 Å². The number of hydrogen-bond acceptors (Lipinski definition) is 9. The van der Waals surface area contributed by atoms with Crippen LogP contribution in [-0.4, -0.2) is 39.4 Å². The lowest BCUT2D eigenvalue weighted by atomic mass is 10.2. The molecule has 0 fully saturated rings. The number of non-ortho nitro benzene ring substituents is 1. The highest BCUT2D eigenvalue weighted by atomic mass is 79.9. The third-order valence-electron chi connectivity index (χ3n) is 4.53. The van der Waals surface area contributed by atoms with Crippen molar-refractivity contribution in [2.24, 2.45) is 5.10 Å². The van der Waals surface area contributed by atoms with Gasteiger partial charge in [0.2, 0.25) is 0 Å². The van der Waals surface area contributed by atoms with Crippen LogP contribution in [0.2, 0.25) is 0 Å². The molecule has 0 saturated carbocycles. The predicted molar refractivity (Wildman–Crippen MR) is 141 cm³/mol. The van der Waals surface area contributed by atoms with E-state index in [1.54, 1.807) is 24.3 Å². The van der Waals surface area contributed by atoms with Crippen molar-refractivity contribution in [2.45, 2.75) is 32.5 Å². The summed E-state index contributed by atoms with van der Waals surface area (Å²) in [7, 11) is 0. The maximum absolute atomic E-state index is 12.2. The topological polar surface area (TPSA) is 129 Å². The quantitative estimate of drug-likeness (QED) is 0.112. The van der Waals surface area contributed by atoms with Crippen LogP contribution < -0.4 is 14.9 Å². The van der Waals surface area contributed by atoms with Gasteiger partial charge < -0.3 is 9.47 Å². The van der Waals surface area contributed by atoms with Crippen LogP contribution in [0.3, 0.4) is 0 Å². The molecule has 36 heavy (non-hydrogen) atoms. The number of carbonyl (C=O) groups is 1. The van der Waals surface area contributed by atoms with E-state index in [1.807, 2.05) is 26.8 Å². The molecule has 0 unspecified atom stereocenters. The highest BCUT2D eigenvalue weighted by Crippen LogP contribution is 2.37. The van der Waals surface area contributed by atoms with Crippen molar-refractivity contribution in [2.75, 3.05) is 12.4 Å². The molecule has 3 rings (SSSR count). The number of halogens is 1. The van der Waals surface area contributed by atoms with Crippen LogP contribution in [-0.2, 0) is 11.4 Å². The summed E-state index contributed by atoms with van der Waals surface area (Å²) in [6.45, 7) is 6.11. The summed E-state index contributed by atoms with van der Waals surface area (Å²) in [6, 6.07) is 11.6. The molecule has 1 aromatic heterocycles. The van der Waals surface area contributed by atoms with Gasteiger partial charge in [-0.2, -0.15) is 5.10 Å². The second-order valence-corrected chi connectivity index (χ2v) is 9.29. The smallest absolute Gasteiger partial charge is 0.269 e. The molecule has 3 aromatic rings. The Kier molecular flexibility index (Phi) is 9.77. The highest BCUT2D eigenvalue weighted by Gasteiger charge is 2.14. The molecule has 10 nitrogen and oxygen atoms in total. The van der Waals surface area contributed by atoms with E-state index in [9.17, 15) is 14.9 Å². The van der Waals surface area contributed by atoms with Gasteiger partial charge in [-0.05, 0) is 66.0 Å². The number of nitro benzene ring substituents is 1. The zero-order chi connectivity index (χ0) is 26.1. The molecule has 1 N–H and O–H groups in total. The monoisotopic (exact) mass is 573 g/mol. The third-order valence-corrected chi connectivity index (χ3v) is 5.97. The van der Waals surface area contributed by atoms with Crippen molar-refractivity contribution in [1.82, 2.24) is 15.4 Å². The molecule has 0 radical (unpaired) electrons. The Bertz CT molecular complexity index is 1270. The SMILES string of the molecule is CCOc1cc(/C=N\NC(=O)CSc2nc(C)cc(C)n2)cc(Br)c1OCc1cccc([N+](=O)[O-])c1.